The van der Waals surface area contributed by atoms with Gasteiger partial charge in [0.15, 0.2) is 0 Å². The minimum absolute atomic E-state index is 0.524. The number of rotatable bonds is 3. The van der Waals surface area contributed by atoms with Gasteiger partial charge in [0.05, 0.1) is 6.42 Å². The first-order valence-corrected chi connectivity index (χ1v) is 4.43. The first-order chi connectivity index (χ1) is 6.88. The minimum Gasteiger partial charge on any atom is -0.355 e. The van der Waals surface area contributed by atoms with E-state index < -0.39 is 0 Å². The Kier molecular flexibility index (Phi) is 2.44. The summed E-state index contributed by atoms with van der Waals surface area (Å²) >= 11 is 0. The third-order valence-electron chi connectivity index (χ3n) is 1.89. The van der Waals surface area contributed by atoms with E-state index in [4.69, 9.17) is 4.52 Å². The number of hydrogen-bond acceptors (Lipinski definition) is 4. The van der Waals surface area contributed by atoms with Crippen molar-refractivity contribution < 1.29 is 4.52 Å². The SMILES string of the molecule is CNc1noc(Cc2ccccc2)n1. The van der Waals surface area contributed by atoms with E-state index >= 15 is 0 Å². The molecule has 4 heteroatoms. The Labute approximate surface area is 82.0 Å². The molecule has 4 nitrogen and oxygen atoms in total. The summed E-state index contributed by atoms with van der Waals surface area (Å²) in [5.41, 5.74) is 1.17. The topological polar surface area (TPSA) is 51.0 Å². The molecule has 0 atom stereocenters. The van der Waals surface area contributed by atoms with Gasteiger partial charge in [-0.1, -0.05) is 30.3 Å². The summed E-state index contributed by atoms with van der Waals surface area (Å²) in [5.74, 6) is 1.15. The largest absolute Gasteiger partial charge is 0.355 e. The number of nitrogens with zero attached hydrogens (tertiary/aromatic N) is 2. The second-order valence-corrected chi connectivity index (χ2v) is 2.92. The zero-order valence-electron chi connectivity index (χ0n) is 7.90. The van der Waals surface area contributed by atoms with Crippen LogP contribution in [0.25, 0.3) is 0 Å². The molecule has 0 aliphatic heterocycles. The fourth-order valence-corrected chi connectivity index (χ4v) is 1.20. The highest BCUT2D eigenvalue weighted by Crippen LogP contribution is 2.08. The minimum atomic E-state index is 0.524. The lowest BCUT2D eigenvalue weighted by molar-refractivity contribution is 0.386. The van der Waals surface area contributed by atoms with Crippen molar-refractivity contribution in [2.24, 2.45) is 0 Å². The summed E-state index contributed by atoms with van der Waals surface area (Å²) < 4.78 is 5.04. The molecule has 2 aromatic rings. The lowest BCUT2D eigenvalue weighted by Crippen LogP contribution is -1.91. The molecule has 0 bridgehead atoms. The van der Waals surface area contributed by atoms with Crippen LogP contribution < -0.4 is 5.32 Å². The molecular weight excluding hydrogens is 178 g/mol. The molecule has 0 spiro atoms. The highest BCUT2D eigenvalue weighted by atomic mass is 16.5. The van der Waals surface area contributed by atoms with Crippen molar-refractivity contribution in [1.29, 1.82) is 0 Å². The van der Waals surface area contributed by atoms with Gasteiger partial charge in [0.1, 0.15) is 0 Å². The summed E-state index contributed by atoms with van der Waals surface area (Å²) in [6.45, 7) is 0. The molecule has 0 saturated heterocycles. The number of hydrogen-bond donors (Lipinski definition) is 1. The van der Waals surface area contributed by atoms with Crippen LogP contribution in [0.15, 0.2) is 34.9 Å². The van der Waals surface area contributed by atoms with E-state index in [1.54, 1.807) is 7.05 Å². The van der Waals surface area contributed by atoms with Gasteiger partial charge in [0.2, 0.25) is 5.89 Å². The van der Waals surface area contributed by atoms with E-state index in [1.165, 1.54) is 5.56 Å². The van der Waals surface area contributed by atoms with Crippen molar-refractivity contribution in [3.63, 3.8) is 0 Å². The summed E-state index contributed by atoms with van der Waals surface area (Å²) in [5, 5.41) is 6.55. The molecule has 1 heterocycles. The van der Waals surface area contributed by atoms with E-state index in [0.29, 0.717) is 18.3 Å². The molecule has 0 aliphatic rings. The van der Waals surface area contributed by atoms with Crippen LogP contribution in [-0.2, 0) is 6.42 Å². The Hall–Kier alpha value is -1.84. The van der Waals surface area contributed by atoms with Crippen molar-refractivity contribution in [2.45, 2.75) is 6.42 Å². The van der Waals surface area contributed by atoms with Crippen LogP contribution in [0.1, 0.15) is 11.5 Å². The van der Waals surface area contributed by atoms with Crippen LogP contribution in [0.3, 0.4) is 0 Å². The van der Waals surface area contributed by atoms with Crippen LogP contribution in [0.4, 0.5) is 5.95 Å². The molecule has 0 radical (unpaired) electrons. The van der Waals surface area contributed by atoms with Gasteiger partial charge in [0, 0.05) is 7.05 Å². The van der Waals surface area contributed by atoms with Gasteiger partial charge in [-0.2, -0.15) is 4.98 Å². The first kappa shape index (κ1) is 8.74. The Morgan fingerprint density at radius 3 is 2.71 bits per heavy atom. The van der Waals surface area contributed by atoms with Crippen LogP contribution in [0.5, 0.6) is 0 Å². The van der Waals surface area contributed by atoms with Gasteiger partial charge >= 0.3 is 0 Å². The number of benzene rings is 1. The van der Waals surface area contributed by atoms with Gasteiger partial charge in [-0.3, -0.25) is 0 Å². The standard InChI is InChI=1S/C10H11N3O/c1-11-10-12-9(14-13-10)7-8-5-3-2-4-6-8/h2-6H,7H2,1H3,(H,11,13). The van der Waals surface area contributed by atoms with E-state index in [1.807, 2.05) is 30.3 Å². The Morgan fingerprint density at radius 2 is 2.07 bits per heavy atom. The number of nitrogens with one attached hydrogen (secondary N) is 1. The summed E-state index contributed by atoms with van der Waals surface area (Å²) in [7, 11) is 1.76. The normalized spacial score (nSPS) is 10.1. The van der Waals surface area contributed by atoms with Crippen molar-refractivity contribution in [3.8, 4) is 0 Å². The van der Waals surface area contributed by atoms with Crippen LogP contribution >= 0.6 is 0 Å². The maximum absolute atomic E-state index is 5.04. The zero-order valence-corrected chi connectivity index (χ0v) is 7.90. The smallest absolute Gasteiger partial charge is 0.263 e. The molecule has 1 aromatic heterocycles. The van der Waals surface area contributed by atoms with Crippen LogP contribution in [-0.4, -0.2) is 17.2 Å². The quantitative estimate of drug-likeness (QED) is 0.798. The Balaban J connectivity index is 2.11. The number of aromatic nitrogens is 2. The highest BCUT2D eigenvalue weighted by molar-refractivity contribution is 5.22. The second kappa shape index (κ2) is 3.91. The number of anilines is 1. The maximum atomic E-state index is 5.04. The average Bonchev–Trinajstić information content (AvgIpc) is 2.67. The van der Waals surface area contributed by atoms with Crippen LogP contribution in [0.2, 0.25) is 0 Å². The molecule has 0 aliphatic carbocycles. The molecule has 0 unspecified atom stereocenters. The monoisotopic (exact) mass is 189 g/mol. The van der Waals surface area contributed by atoms with Crippen molar-refractivity contribution in [2.75, 3.05) is 12.4 Å². The van der Waals surface area contributed by atoms with Gasteiger partial charge in [0.25, 0.3) is 5.95 Å². The molecular formula is C10H11N3O. The first-order valence-electron chi connectivity index (χ1n) is 4.43. The molecule has 0 saturated carbocycles. The average molecular weight is 189 g/mol. The molecule has 1 aromatic carbocycles. The molecule has 14 heavy (non-hydrogen) atoms. The second-order valence-electron chi connectivity index (χ2n) is 2.92. The molecule has 1 N–H and O–H groups in total. The molecule has 2 rings (SSSR count). The van der Waals surface area contributed by atoms with Crippen molar-refractivity contribution in [1.82, 2.24) is 10.1 Å². The van der Waals surface area contributed by atoms with Gasteiger partial charge in [-0.15, -0.1) is 0 Å². The van der Waals surface area contributed by atoms with Gasteiger partial charge in [-0.05, 0) is 10.7 Å². The van der Waals surface area contributed by atoms with Gasteiger partial charge in [-0.25, -0.2) is 0 Å². The fourth-order valence-electron chi connectivity index (χ4n) is 1.20. The Bertz CT molecular complexity index is 397. The van der Waals surface area contributed by atoms with E-state index in [-0.39, 0.29) is 0 Å². The Morgan fingerprint density at radius 1 is 1.29 bits per heavy atom. The third-order valence-corrected chi connectivity index (χ3v) is 1.89. The predicted molar refractivity (Wildman–Crippen MR) is 53.1 cm³/mol. The summed E-state index contributed by atoms with van der Waals surface area (Å²) in [4.78, 5) is 4.14. The predicted octanol–water partition coefficient (Wildman–Crippen LogP) is 1.70. The summed E-state index contributed by atoms with van der Waals surface area (Å²) in [6, 6.07) is 10.0. The maximum Gasteiger partial charge on any atom is 0.263 e. The fraction of sp³-hybridized carbons (Fsp3) is 0.200. The lowest BCUT2D eigenvalue weighted by Gasteiger charge is -1.93. The van der Waals surface area contributed by atoms with Crippen molar-refractivity contribution >= 4 is 5.95 Å². The zero-order chi connectivity index (χ0) is 9.80. The molecule has 72 valence electrons. The van der Waals surface area contributed by atoms with E-state index in [0.717, 1.165) is 0 Å². The van der Waals surface area contributed by atoms with E-state index in [9.17, 15) is 0 Å². The van der Waals surface area contributed by atoms with Crippen molar-refractivity contribution in [3.05, 3.63) is 41.8 Å². The highest BCUT2D eigenvalue weighted by Gasteiger charge is 2.04. The molecule has 0 fully saturated rings. The molecule has 0 amide bonds. The van der Waals surface area contributed by atoms with Crippen LogP contribution in [0, 0.1) is 0 Å². The summed E-state index contributed by atoms with van der Waals surface area (Å²) in [6.07, 6.45) is 0.676. The van der Waals surface area contributed by atoms with Gasteiger partial charge < -0.3 is 9.84 Å². The van der Waals surface area contributed by atoms with E-state index in [2.05, 4.69) is 15.5 Å². The lowest BCUT2D eigenvalue weighted by atomic mass is 10.2. The third kappa shape index (κ3) is 1.90.